The molecule has 2 aliphatic rings. The highest BCUT2D eigenvalue weighted by Crippen LogP contribution is 2.29. The van der Waals surface area contributed by atoms with Crippen LogP contribution in [-0.2, 0) is 14.3 Å². The Morgan fingerprint density at radius 2 is 2.28 bits per heavy atom. The van der Waals surface area contributed by atoms with Crippen LogP contribution in [-0.4, -0.2) is 35.3 Å². The minimum Gasteiger partial charge on any atom is -0.516 e. The van der Waals surface area contributed by atoms with Crippen molar-refractivity contribution < 1.29 is 24.5 Å². The zero-order chi connectivity index (χ0) is 13.0. The summed E-state index contributed by atoms with van der Waals surface area (Å²) in [6, 6.07) is 0. The summed E-state index contributed by atoms with van der Waals surface area (Å²) >= 11 is 0. The van der Waals surface area contributed by atoms with Crippen LogP contribution >= 0.6 is 0 Å². The van der Waals surface area contributed by atoms with Gasteiger partial charge in [-0.3, -0.25) is 4.79 Å². The first-order chi connectivity index (χ1) is 8.74. The number of rotatable bonds is 3. The number of aliphatic hydroxyl groups is 2. The predicted molar refractivity (Wildman–Crippen MR) is 63.5 cm³/mol. The molecule has 1 heterocycles. The summed E-state index contributed by atoms with van der Waals surface area (Å²) in [6.45, 7) is 0.225. The van der Waals surface area contributed by atoms with Crippen LogP contribution in [0.2, 0.25) is 0 Å². The van der Waals surface area contributed by atoms with Crippen LogP contribution in [0.4, 0.5) is 0 Å². The van der Waals surface area contributed by atoms with Crippen LogP contribution < -0.4 is 0 Å². The Labute approximate surface area is 104 Å². The van der Waals surface area contributed by atoms with Gasteiger partial charge in [-0.15, -0.1) is 0 Å². The number of hydrogen-bond donors (Lipinski definition) is 2. The lowest BCUT2D eigenvalue weighted by molar-refractivity contribution is -0.106. The van der Waals surface area contributed by atoms with Crippen LogP contribution in [0.1, 0.15) is 6.42 Å². The van der Waals surface area contributed by atoms with Crippen molar-refractivity contribution in [2.45, 2.75) is 18.6 Å². The Hall–Kier alpha value is -2.01. The van der Waals surface area contributed by atoms with E-state index in [1.807, 2.05) is 0 Å². The van der Waals surface area contributed by atoms with E-state index >= 15 is 0 Å². The highest BCUT2D eigenvalue weighted by molar-refractivity contribution is 5.75. The highest BCUT2D eigenvalue weighted by atomic mass is 16.6. The fraction of sp³-hybridized carbons (Fsp3) is 0.308. The maximum atomic E-state index is 10.9. The number of aliphatic hydroxyl groups excluding tert-OH is 2. The SMILES string of the molecule is O=C/C(=C\C=C\O)C1COC2=CCC(O)C=C2O1. The van der Waals surface area contributed by atoms with Gasteiger partial charge in [0.15, 0.2) is 17.6 Å². The van der Waals surface area contributed by atoms with Crippen molar-refractivity contribution >= 4 is 6.29 Å². The smallest absolute Gasteiger partial charge is 0.161 e. The van der Waals surface area contributed by atoms with Crippen molar-refractivity contribution in [1.82, 2.24) is 0 Å². The highest BCUT2D eigenvalue weighted by Gasteiger charge is 2.28. The molecule has 0 saturated carbocycles. The van der Waals surface area contributed by atoms with Crippen LogP contribution in [0, 0.1) is 0 Å². The standard InChI is InChI=1S/C13H14O5/c14-5-1-2-9(7-15)13-8-17-11-4-3-10(16)6-12(11)18-13/h1-2,4-7,10,13-14,16H,3,8H2/b5-1+,9-2+. The Morgan fingerprint density at radius 1 is 1.44 bits per heavy atom. The molecule has 0 aromatic heterocycles. The van der Waals surface area contributed by atoms with Gasteiger partial charge in [0.05, 0.1) is 12.4 Å². The van der Waals surface area contributed by atoms with Gasteiger partial charge >= 0.3 is 0 Å². The molecule has 2 N–H and O–H groups in total. The summed E-state index contributed by atoms with van der Waals surface area (Å²) in [5, 5.41) is 18.1. The van der Waals surface area contributed by atoms with Gasteiger partial charge in [-0.05, 0) is 30.7 Å². The summed E-state index contributed by atoms with van der Waals surface area (Å²) in [7, 11) is 0. The maximum absolute atomic E-state index is 10.9. The van der Waals surface area contributed by atoms with Crippen LogP contribution in [0.5, 0.6) is 0 Å². The zero-order valence-electron chi connectivity index (χ0n) is 9.65. The number of fused-ring (bicyclic) bond motifs is 1. The van der Waals surface area contributed by atoms with Crippen molar-refractivity contribution in [2.24, 2.45) is 0 Å². The second-order valence-corrected chi connectivity index (χ2v) is 3.95. The fourth-order valence-electron chi connectivity index (χ4n) is 1.77. The lowest BCUT2D eigenvalue weighted by atomic mass is 10.1. The molecule has 1 aliphatic carbocycles. The van der Waals surface area contributed by atoms with E-state index in [0.717, 1.165) is 6.26 Å². The summed E-state index contributed by atoms with van der Waals surface area (Å²) in [4.78, 5) is 10.9. The quantitative estimate of drug-likeness (QED) is 0.340. The molecule has 1 fully saturated rings. The van der Waals surface area contributed by atoms with E-state index in [1.165, 1.54) is 12.2 Å². The number of carbonyl (C=O) groups excluding carboxylic acids is 1. The molecule has 0 bridgehead atoms. The van der Waals surface area contributed by atoms with Gasteiger partial charge in [-0.25, -0.2) is 0 Å². The second-order valence-electron chi connectivity index (χ2n) is 3.95. The minimum absolute atomic E-state index is 0.225. The normalized spacial score (nSPS) is 27.7. The molecule has 0 aromatic rings. The van der Waals surface area contributed by atoms with Crippen molar-refractivity contribution in [2.75, 3.05) is 6.61 Å². The van der Waals surface area contributed by atoms with E-state index in [9.17, 15) is 9.90 Å². The summed E-state index contributed by atoms with van der Waals surface area (Å²) in [5.41, 5.74) is 0.361. The van der Waals surface area contributed by atoms with Gasteiger partial charge in [-0.1, -0.05) is 0 Å². The van der Waals surface area contributed by atoms with Gasteiger partial charge in [0.1, 0.15) is 12.9 Å². The molecule has 0 radical (unpaired) electrons. The van der Waals surface area contributed by atoms with Crippen LogP contribution in [0.25, 0.3) is 0 Å². The molecule has 5 heteroatoms. The fourth-order valence-corrected chi connectivity index (χ4v) is 1.77. The molecule has 18 heavy (non-hydrogen) atoms. The minimum atomic E-state index is -0.591. The molecule has 96 valence electrons. The van der Waals surface area contributed by atoms with Gasteiger partial charge in [-0.2, -0.15) is 0 Å². The number of carbonyl (C=O) groups is 1. The molecule has 2 unspecified atom stereocenters. The van der Waals surface area contributed by atoms with Crippen molar-refractivity contribution in [3.63, 3.8) is 0 Å². The third-order valence-electron chi connectivity index (χ3n) is 2.67. The molecule has 0 amide bonds. The number of aldehydes is 1. The predicted octanol–water partition coefficient (Wildman–Crippen LogP) is 1.13. The lowest BCUT2D eigenvalue weighted by Crippen LogP contribution is -2.30. The molecular formula is C13H14O5. The van der Waals surface area contributed by atoms with Crippen LogP contribution in [0.3, 0.4) is 0 Å². The average molecular weight is 250 g/mol. The monoisotopic (exact) mass is 250 g/mol. The van der Waals surface area contributed by atoms with E-state index < -0.39 is 12.2 Å². The first-order valence-electron chi connectivity index (χ1n) is 5.60. The Balaban J connectivity index is 2.14. The second kappa shape index (κ2) is 5.55. The summed E-state index contributed by atoms with van der Waals surface area (Å²) in [6.07, 6.45) is 6.97. The number of ether oxygens (including phenoxy) is 2. The topological polar surface area (TPSA) is 76.0 Å². The first-order valence-corrected chi connectivity index (χ1v) is 5.60. The Morgan fingerprint density at radius 3 is 3.00 bits per heavy atom. The third-order valence-corrected chi connectivity index (χ3v) is 2.67. The number of allylic oxidation sites excluding steroid dienone is 2. The molecule has 0 aromatic carbocycles. The van der Waals surface area contributed by atoms with E-state index in [2.05, 4.69) is 0 Å². The average Bonchev–Trinajstić information content (AvgIpc) is 2.39. The maximum Gasteiger partial charge on any atom is 0.161 e. The zero-order valence-corrected chi connectivity index (χ0v) is 9.65. The molecule has 0 spiro atoms. The summed E-state index contributed by atoms with van der Waals surface area (Å²) in [5.74, 6) is 1.05. The molecule has 2 rings (SSSR count). The lowest BCUT2D eigenvalue weighted by Gasteiger charge is -2.30. The Kier molecular flexibility index (Phi) is 3.84. The molecule has 5 nitrogen and oxygen atoms in total. The van der Waals surface area contributed by atoms with E-state index in [1.54, 1.807) is 12.2 Å². The molecule has 2 atom stereocenters. The molecular weight excluding hydrogens is 236 g/mol. The van der Waals surface area contributed by atoms with Gasteiger partial charge in [0, 0.05) is 5.57 Å². The summed E-state index contributed by atoms with van der Waals surface area (Å²) < 4.78 is 11.1. The van der Waals surface area contributed by atoms with Crippen LogP contribution in [0.15, 0.2) is 47.7 Å². The molecule has 1 saturated heterocycles. The van der Waals surface area contributed by atoms with E-state index in [-0.39, 0.29) is 6.61 Å². The van der Waals surface area contributed by atoms with Crippen molar-refractivity contribution in [3.8, 4) is 0 Å². The van der Waals surface area contributed by atoms with Gasteiger partial charge in [0.25, 0.3) is 0 Å². The number of hydrogen-bond acceptors (Lipinski definition) is 5. The van der Waals surface area contributed by atoms with Gasteiger partial charge in [0.2, 0.25) is 0 Å². The van der Waals surface area contributed by atoms with Crippen molar-refractivity contribution in [3.05, 3.63) is 47.7 Å². The molecule has 1 aliphatic heterocycles. The van der Waals surface area contributed by atoms with Gasteiger partial charge < -0.3 is 19.7 Å². The van der Waals surface area contributed by atoms with Crippen molar-refractivity contribution in [1.29, 1.82) is 0 Å². The largest absolute Gasteiger partial charge is 0.516 e. The van der Waals surface area contributed by atoms with E-state index in [4.69, 9.17) is 14.6 Å². The third kappa shape index (κ3) is 2.62. The Bertz CT molecular complexity index is 444. The van der Waals surface area contributed by atoms with E-state index in [0.29, 0.717) is 29.8 Å². The first kappa shape index (κ1) is 12.4.